The Balaban J connectivity index is 2.56. The van der Waals surface area contributed by atoms with Crippen molar-refractivity contribution in [1.82, 2.24) is 0 Å². The van der Waals surface area contributed by atoms with E-state index in [1.54, 1.807) is 0 Å². The maximum Gasteiger partial charge on any atom is 0.499 e. The molecule has 0 saturated heterocycles. The third kappa shape index (κ3) is 4.67. The summed E-state index contributed by atoms with van der Waals surface area (Å²) in [4.78, 5) is 9.75. The first kappa shape index (κ1) is 16.2. The van der Waals surface area contributed by atoms with Gasteiger partial charge in [0.05, 0.1) is 6.61 Å². The molecule has 20 heavy (non-hydrogen) atoms. The fourth-order valence-corrected chi connectivity index (χ4v) is 1.32. The number of halogens is 5. The summed E-state index contributed by atoms with van der Waals surface area (Å²) in [6.45, 7) is 1.39. The van der Waals surface area contributed by atoms with E-state index in [0.29, 0.717) is 18.4 Å². The van der Waals surface area contributed by atoms with Gasteiger partial charge < -0.3 is 9.47 Å². The predicted octanol–water partition coefficient (Wildman–Crippen LogP) is 3.24. The number of alkyl halides is 5. The first-order chi connectivity index (χ1) is 9.26. The third-order valence-corrected chi connectivity index (χ3v) is 2.27. The van der Waals surface area contributed by atoms with Crippen molar-refractivity contribution in [3.05, 3.63) is 29.8 Å². The molecular formula is C12H10F5O3. The monoisotopic (exact) mass is 297 g/mol. The van der Waals surface area contributed by atoms with Gasteiger partial charge in [-0.15, -0.1) is 0 Å². The van der Waals surface area contributed by atoms with E-state index < -0.39 is 18.0 Å². The molecule has 0 heterocycles. The molecule has 0 aliphatic rings. The van der Waals surface area contributed by atoms with E-state index in [0.717, 1.165) is 12.1 Å². The van der Waals surface area contributed by atoms with Crippen LogP contribution in [0.2, 0.25) is 0 Å². The second kappa shape index (κ2) is 6.53. The second-order valence-electron chi connectivity index (χ2n) is 3.80. The SMILES string of the molecule is O=[C]OCCCc1ccc(OC(F)(F)C(F)(F)F)cc1. The number of carbonyl (C=O) groups excluding carboxylic acids is 1. The Morgan fingerprint density at radius 2 is 1.65 bits per heavy atom. The topological polar surface area (TPSA) is 35.5 Å². The molecule has 8 heteroatoms. The van der Waals surface area contributed by atoms with E-state index in [1.807, 2.05) is 0 Å². The molecule has 0 amide bonds. The maximum absolute atomic E-state index is 12.6. The van der Waals surface area contributed by atoms with E-state index in [9.17, 15) is 26.7 Å². The number of ether oxygens (including phenoxy) is 2. The van der Waals surface area contributed by atoms with Crippen LogP contribution in [0.5, 0.6) is 5.75 Å². The van der Waals surface area contributed by atoms with E-state index in [1.165, 1.54) is 18.6 Å². The van der Waals surface area contributed by atoms with Gasteiger partial charge >= 0.3 is 18.8 Å². The summed E-state index contributed by atoms with van der Waals surface area (Å²) in [6.07, 6.45) is -10.1. The minimum Gasteiger partial charge on any atom is -0.457 e. The second-order valence-corrected chi connectivity index (χ2v) is 3.80. The third-order valence-electron chi connectivity index (χ3n) is 2.27. The van der Waals surface area contributed by atoms with Crippen molar-refractivity contribution in [3.8, 4) is 5.75 Å². The summed E-state index contributed by atoms with van der Waals surface area (Å²) in [5.41, 5.74) is 0.683. The molecule has 0 aliphatic heterocycles. The van der Waals surface area contributed by atoms with Crippen LogP contribution in [0.1, 0.15) is 12.0 Å². The summed E-state index contributed by atoms with van der Waals surface area (Å²) in [6, 6.07) is 4.74. The Hall–Kier alpha value is -1.86. The highest BCUT2D eigenvalue weighted by Crippen LogP contribution is 2.37. The number of benzene rings is 1. The van der Waals surface area contributed by atoms with Gasteiger partial charge in [0.1, 0.15) is 5.75 Å². The molecular weight excluding hydrogens is 287 g/mol. The predicted molar refractivity (Wildman–Crippen MR) is 58.0 cm³/mol. The van der Waals surface area contributed by atoms with Crippen LogP contribution >= 0.6 is 0 Å². The van der Waals surface area contributed by atoms with Crippen molar-refractivity contribution in [2.75, 3.05) is 6.61 Å². The summed E-state index contributed by atoms with van der Waals surface area (Å²) in [5.74, 6) is -0.589. The molecule has 0 atom stereocenters. The van der Waals surface area contributed by atoms with Gasteiger partial charge in [0.25, 0.3) is 0 Å². The lowest BCUT2D eigenvalue weighted by Crippen LogP contribution is -2.41. The number of hydrogen-bond acceptors (Lipinski definition) is 3. The Morgan fingerprint density at radius 1 is 1.05 bits per heavy atom. The van der Waals surface area contributed by atoms with Crippen molar-refractivity contribution < 1.29 is 36.2 Å². The Kier molecular flexibility index (Phi) is 5.29. The van der Waals surface area contributed by atoms with E-state index in [4.69, 9.17) is 0 Å². The van der Waals surface area contributed by atoms with Crippen LogP contribution in [0, 0.1) is 0 Å². The van der Waals surface area contributed by atoms with Crippen molar-refractivity contribution >= 4 is 6.47 Å². The molecule has 1 rings (SSSR count). The van der Waals surface area contributed by atoms with Crippen molar-refractivity contribution in [1.29, 1.82) is 0 Å². The van der Waals surface area contributed by atoms with Gasteiger partial charge in [-0.2, -0.15) is 22.0 Å². The zero-order chi connectivity index (χ0) is 15.2. The zero-order valence-corrected chi connectivity index (χ0v) is 10.0. The van der Waals surface area contributed by atoms with Crippen LogP contribution < -0.4 is 4.74 Å². The Bertz CT molecular complexity index is 428. The standard InChI is InChI=1S/C12H10F5O3/c13-11(14,15)12(16,17)20-10-5-3-9(4-6-10)2-1-7-19-8-18/h3-6H,1-2,7H2. The van der Waals surface area contributed by atoms with Crippen LogP contribution in [0.4, 0.5) is 22.0 Å². The van der Waals surface area contributed by atoms with Gasteiger partial charge in [-0.25, -0.2) is 4.79 Å². The molecule has 1 radical (unpaired) electrons. The van der Waals surface area contributed by atoms with Crippen LogP contribution in [0.25, 0.3) is 0 Å². The highest BCUT2D eigenvalue weighted by Gasteiger charge is 2.61. The number of aryl methyl sites for hydroxylation is 1. The highest BCUT2D eigenvalue weighted by atomic mass is 19.4. The normalized spacial score (nSPS) is 12.1. The van der Waals surface area contributed by atoms with Gasteiger partial charge in [-0.3, -0.25) is 0 Å². The Morgan fingerprint density at radius 3 is 2.15 bits per heavy atom. The van der Waals surface area contributed by atoms with Crippen molar-refractivity contribution in [2.45, 2.75) is 25.1 Å². The molecule has 0 N–H and O–H groups in total. The lowest BCUT2D eigenvalue weighted by molar-refractivity contribution is -0.360. The molecule has 0 saturated carbocycles. The van der Waals surface area contributed by atoms with Gasteiger partial charge in [-0.05, 0) is 30.5 Å². The molecule has 1 aromatic carbocycles. The first-order valence-corrected chi connectivity index (χ1v) is 5.48. The summed E-state index contributed by atoms with van der Waals surface area (Å²) in [5, 5.41) is 0. The van der Waals surface area contributed by atoms with Crippen LogP contribution in [0.3, 0.4) is 0 Å². The van der Waals surface area contributed by atoms with Crippen LogP contribution in [0.15, 0.2) is 24.3 Å². The molecule has 3 nitrogen and oxygen atoms in total. The molecule has 0 bridgehead atoms. The highest BCUT2D eigenvalue weighted by molar-refractivity contribution is 5.38. The number of hydrogen-bond donors (Lipinski definition) is 0. The van der Waals surface area contributed by atoms with E-state index in [2.05, 4.69) is 9.47 Å². The molecule has 0 spiro atoms. The quantitative estimate of drug-likeness (QED) is 0.572. The first-order valence-electron chi connectivity index (χ1n) is 5.48. The zero-order valence-electron chi connectivity index (χ0n) is 10.0. The average molecular weight is 297 g/mol. The van der Waals surface area contributed by atoms with Crippen molar-refractivity contribution in [3.63, 3.8) is 0 Å². The van der Waals surface area contributed by atoms with E-state index >= 15 is 0 Å². The van der Waals surface area contributed by atoms with Crippen LogP contribution in [-0.4, -0.2) is 25.4 Å². The summed E-state index contributed by atoms with van der Waals surface area (Å²) >= 11 is 0. The van der Waals surface area contributed by atoms with Gasteiger partial charge in [0.2, 0.25) is 0 Å². The maximum atomic E-state index is 12.6. The summed E-state index contributed by atoms with van der Waals surface area (Å²) in [7, 11) is 0. The van der Waals surface area contributed by atoms with Gasteiger partial charge in [0.15, 0.2) is 0 Å². The average Bonchev–Trinajstić information content (AvgIpc) is 2.35. The fourth-order valence-electron chi connectivity index (χ4n) is 1.32. The molecule has 0 aliphatic carbocycles. The fraction of sp³-hybridized carbons (Fsp3) is 0.417. The van der Waals surface area contributed by atoms with Crippen molar-refractivity contribution in [2.24, 2.45) is 0 Å². The molecule has 111 valence electrons. The van der Waals surface area contributed by atoms with E-state index in [-0.39, 0.29) is 6.61 Å². The lowest BCUT2D eigenvalue weighted by Gasteiger charge is -2.20. The van der Waals surface area contributed by atoms with Crippen LogP contribution in [-0.2, 0) is 16.0 Å². The summed E-state index contributed by atoms with van der Waals surface area (Å²) < 4.78 is 68.9. The van der Waals surface area contributed by atoms with Gasteiger partial charge in [0, 0.05) is 0 Å². The smallest absolute Gasteiger partial charge is 0.457 e. The van der Waals surface area contributed by atoms with Gasteiger partial charge in [-0.1, -0.05) is 12.1 Å². The lowest BCUT2D eigenvalue weighted by atomic mass is 10.1. The molecule has 0 aromatic heterocycles. The minimum absolute atomic E-state index is 0.147. The largest absolute Gasteiger partial charge is 0.499 e. The molecule has 1 aromatic rings. The number of rotatable bonds is 7. The minimum atomic E-state index is -5.77. The Labute approximate surface area is 111 Å². The molecule has 0 unspecified atom stereocenters. The molecule has 0 fully saturated rings.